The molecule has 0 saturated carbocycles. The lowest BCUT2D eigenvalue weighted by atomic mass is 10.1. The Labute approximate surface area is 186 Å². The molecule has 0 fully saturated rings. The molecule has 0 saturated heterocycles. The predicted molar refractivity (Wildman–Crippen MR) is 138 cm³/mol. The maximum atomic E-state index is 7.03. The van der Waals surface area contributed by atoms with Gasteiger partial charge in [0.1, 0.15) is 8.07 Å². The normalized spacial score (nSPS) is 14.1. The monoisotopic (exact) mass is 434 g/mol. The quantitative estimate of drug-likeness (QED) is 0.398. The van der Waals surface area contributed by atoms with Crippen LogP contribution in [0.3, 0.4) is 0 Å². The van der Waals surface area contributed by atoms with Gasteiger partial charge in [0, 0.05) is 6.61 Å². The highest BCUT2D eigenvalue weighted by Crippen LogP contribution is 2.37. The van der Waals surface area contributed by atoms with Crippen LogP contribution in [0.2, 0.25) is 24.7 Å². The Kier molecular flexibility index (Phi) is 8.10. The molecule has 0 bridgehead atoms. The van der Waals surface area contributed by atoms with Gasteiger partial charge in [0.05, 0.1) is 0 Å². The zero-order valence-electron chi connectivity index (χ0n) is 20.0. The lowest BCUT2D eigenvalue weighted by Gasteiger charge is -2.43. The summed E-state index contributed by atoms with van der Waals surface area (Å²) < 4.78 is 7.03. The van der Waals surface area contributed by atoms with E-state index in [9.17, 15) is 0 Å². The number of benzene rings is 2. The average Bonchev–Trinajstić information content (AvgIpc) is 2.67. The Hall–Kier alpha value is -1.87. The van der Waals surface area contributed by atoms with Crippen molar-refractivity contribution < 1.29 is 4.43 Å². The van der Waals surface area contributed by atoms with E-state index in [1.54, 1.807) is 0 Å². The van der Waals surface area contributed by atoms with Crippen LogP contribution in [0.1, 0.15) is 34.6 Å². The standard InChI is InChI=1S/C27H38OSi2/c1-23(19-20-29(6,7)8)21-24(2)22-28-30(27(3,4)5,25-15-11-9-12-16-25)26-17-13-10-14-18-26/h9-18,21,24H,22H2,1-8H3/b23-21-/t24-/m0/s1. The van der Waals surface area contributed by atoms with Gasteiger partial charge in [0.2, 0.25) is 0 Å². The topological polar surface area (TPSA) is 9.23 Å². The minimum absolute atomic E-state index is 0.00578. The lowest BCUT2D eigenvalue weighted by Crippen LogP contribution is -2.66. The molecule has 0 N–H and O–H groups in total. The van der Waals surface area contributed by atoms with E-state index in [2.05, 4.69) is 132 Å². The van der Waals surface area contributed by atoms with Gasteiger partial charge in [-0.3, -0.25) is 0 Å². The third-order valence-corrected chi connectivity index (χ3v) is 11.0. The van der Waals surface area contributed by atoms with Crippen molar-refractivity contribution in [3.05, 3.63) is 72.3 Å². The fourth-order valence-corrected chi connectivity index (χ4v) is 9.06. The Morgan fingerprint density at radius 2 is 1.40 bits per heavy atom. The molecule has 1 nitrogen and oxygen atoms in total. The van der Waals surface area contributed by atoms with Crippen LogP contribution >= 0.6 is 0 Å². The van der Waals surface area contributed by atoms with Gasteiger partial charge in [0.25, 0.3) is 8.32 Å². The van der Waals surface area contributed by atoms with Crippen molar-refractivity contribution in [1.29, 1.82) is 0 Å². The maximum absolute atomic E-state index is 7.03. The SMILES string of the molecule is C/C(C#C[Si](C)(C)C)=C/[C@H](C)CO[Si](c1ccccc1)(c1ccccc1)C(C)(C)C. The van der Waals surface area contributed by atoms with Crippen LogP contribution in [0.5, 0.6) is 0 Å². The molecule has 0 aliphatic carbocycles. The van der Waals surface area contributed by atoms with Crippen LogP contribution in [0.4, 0.5) is 0 Å². The molecule has 160 valence electrons. The van der Waals surface area contributed by atoms with E-state index in [1.165, 1.54) is 10.4 Å². The summed E-state index contributed by atoms with van der Waals surface area (Å²) in [6, 6.07) is 21.7. The summed E-state index contributed by atoms with van der Waals surface area (Å²) in [6.45, 7) is 18.9. The summed E-state index contributed by atoms with van der Waals surface area (Å²) in [6.07, 6.45) is 2.27. The van der Waals surface area contributed by atoms with Gasteiger partial charge < -0.3 is 4.43 Å². The Balaban J connectivity index is 2.41. The summed E-state index contributed by atoms with van der Waals surface area (Å²) in [5.41, 5.74) is 4.61. The van der Waals surface area contributed by atoms with Gasteiger partial charge >= 0.3 is 0 Å². The first-order chi connectivity index (χ1) is 14.0. The second-order valence-corrected chi connectivity index (χ2v) is 19.4. The first kappa shape index (κ1) is 24.4. The minimum atomic E-state index is -2.47. The number of allylic oxidation sites excluding steroid dienone is 1. The van der Waals surface area contributed by atoms with Crippen LogP contribution in [-0.4, -0.2) is 23.0 Å². The molecule has 0 heterocycles. The highest BCUT2D eigenvalue weighted by molar-refractivity contribution is 6.99. The van der Waals surface area contributed by atoms with Gasteiger partial charge in [-0.25, -0.2) is 0 Å². The van der Waals surface area contributed by atoms with E-state index in [0.29, 0.717) is 12.5 Å². The molecule has 0 aliphatic rings. The second kappa shape index (κ2) is 9.96. The second-order valence-electron chi connectivity index (χ2n) is 10.3. The molecule has 0 unspecified atom stereocenters. The molecule has 0 aromatic heterocycles. The number of rotatable bonds is 6. The fourth-order valence-electron chi connectivity index (χ4n) is 3.82. The summed E-state index contributed by atoms with van der Waals surface area (Å²) in [5, 5.41) is 2.66. The summed E-state index contributed by atoms with van der Waals surface area (Å²) >= 11 is 0. The molecule has 2 aromatic carbocycles. The largest absolute Gasteiger partial charge is 0.407 e. The van der Waals surface area contributed by atoms with Gasteiger partial charge in [-0.15, -0.1) is 5.54 Å². The smallest absolute Gasteiger partial charge is 0.261 e. The fraction of sp³-hybridized carbons (Fsp3) is 0.407. The van der Waals surface area contributed by atoms with Gasteiger partial charge in [-0.05, 0) is 33.8 Å². The lowest BCUT2D eigenvalue weighted by molar-refractivity contribution is 0.267. The molecule has 2 aromatic rings. The maximum Gasteiger partial charge on any atom is 0.261 e. The molecule has 0 radical (unpaired) electrons. The predicted octanol–water partition coefficient (Wildman–Crippen LogP) is 6.03. The van der Waals surface area contributed by atoms with Crippen LogP contribution in [-0.2, 0) is 4.43 Å². The van der Waals surface area contributed by atoms with Crippen molar-refractivity contribution in [2.24, 2.45) is 5.92 Å². The zero-order chi connectivity index (χ0) is 22.4. The third kappa shape index (κ3) is 6.31. The molecule has 1 atom stereocenters. The molecule has 0 spiro atoms. The number of hydrogen-bond donors (Lipinski definition) is 0. The molecule has 30 heavy (non-hydrogen) atoms. The molecular weight excluding hydrogens is 396 g/mol. The first-order valence-corrected chi connectivity index (χ1v) is 16.3. The molecule has 3 heteroatoms. The van der Waals surface area contributed by atoms with E-state index in [4.69, 9.17) is 4.43 Å². The van der Waals surface area contributed by atoms with E-state index in [-0.39, 0.29) is 5.04 Å². The molecular formula is C27H38OSi2. The minimum Gasteiger partial charge on any atom is -0.407 e. The number of hydrogen-bond acceptors (Lipinski definition) is 1. The summed E-state index contributed by atoms with van der Waals surface area (Å²) in [5.74, 6) is 3.68. The van der Waals surface area contributed by atoms with Crippen LogP contribution < -0.4 is 10.4 Å². The van der Waals surface area contributed by atoms with Gasteiger partial charge in [0.15, 0.2) is 0 Å². The van der Waals surface area contributed by atoms with Crippen molar-refractivity contribution in [3.8, 4) is 11.5 Å². The van der Waals surface area contributed by atoms with Crippen molar-refractivity contribution >= 4 is 26.8 Å². The average molecular weight is 435 g/mol. The van der Waals surface area contributed by atoms with Crippen molar-refractivity contribution in [2.45, 2.75) is 59.3 Å². The highest BCUT2D eigenvalue weighted by Gasteiger charge is 2.50. The van der Waals surface area contributed by atoms with E-state index < -0.39 is 16.4 Å². The van der Waals surface area contributed by atoms with Crippen molar-refractivity contribution in [3.63, 3.8) is 0 Å². The third-order valence-electron chi connectivity index (χ3n) is 5.15. The highest BCUT2D eigenvalue weighted by atomic mass is 28.4. The zero-order valence-corrected chi connectivity index (χ0v) is 22.0. The Bertz CT molecular complexity index is 852. The summed E-state index contributed by atoms with van der Waals surface area (Å²) in [7, 11) is -3.83. The van der Waals surface area contributed by atoms with Crippen LogP contribution in [0.15, 0.2) is 72.3 Å². The Morgan fingerprint density at radius 1 is 0.933 bits per heavy atom. The van der Waals surface area contributed by atoms with Crippen molar-refractivity contribution in [2.75, 3.05) is 6.61 Å². The molecule has 0 amide bonds. The molecule has 2 rings (SSSR count). The van der Waals surface area contributed by atoms with Crippen LogP contribution in [0, 0.1) is 17.4 Å². The van der Waals surface area contributed by atoms with Gasteiger partial charge in [-0.1, -0.05) is 120 Å². The van der Waals surface area contributed by atoms with E-state index in [0.717, 1.165) is 5.57 Å². The van der Waals surface area contributed by atoms with E-state index in [1.807, 2.05) is 0 Å². The van der Waals surface area contributed by atoms with Crippen molar-refractivity contribution in [1.82, 2.24) is 0 Å². The Morgan fingerprint density at radius 3 is 1.80 bits per heavy atom. The van der Waals surface area contributed by atoms with Gasteiger partial charge in [-0.2, -0.15) is 0 Å². The molecule has 0 aliphatic heterocycles. The summed E-state index contributed by atoms with van der Waals surface area (Å²) in [4.78, 5) is 0. The first-order valence-electron chi connectivity index (χ1n) is 10.9. The van der Waals surface area contributed by atoms with Crippen LogP contribution in [0.25, 0.3) is 0 Å². The van der Waals surface area contributed by atoms with E-state index >= 15 is 0 Å².